The molecule has 0 saturated heterocycles. The molecule has 0 amide bonds. The van der Waals surface area contributed by atoms with Crippen LogP contribution in [0.3, 0.4) is 0 Å². The normalized spacial score (nSPS) is 12.5. The molecule has 1 aromatic heterocycles. The summed E-state index contributed by atoms with van der Waals surface area (Å²) < 4.78 is 4.58. The van der Waals surface area contributed by atoms with E-state index in [-0.39, 0.29) is 12.4 Å². The quantitative estimate of drug-likeness (QED) is 0.721. The van der Waals surface area contributed by atoms with Gasteiger partial charge in [-0.2, -0.15) is 0 Å². The van der Waals surface area contributed by atoms with Crippen molar-refractivity contribution in [3.05, 3.63) is 16.1 Å². The number of carbonyl (C=O) groups is 1. The molecular formula is C10H15NO2S. The van der Waals surface area contributed by atoms with Gasteiger partial charge in [0.15, 0.2) is 0 Å². The fourth-order valence-electron chi connectivity index (χ4n) is 1.02. The van der Waals surface area contributed by atoms with Crippen LogP contribution in [-0.4, -0.2) is 18.1 Å². The number of aromatic nitrogens is 1. The van der Waals surface area contributed by atoms with E-state index in [0.717, 1.165) is 17.1 Å². The molecule has 0 aliphatic heterocycles. The maximum absolute atomic E-state index is 11.0. The third kappa shape index (κ3) is 2.80. The van der Waals surface area contributed by atoms with Crippen molar-refractivity contribution in [2.45, 2.75) is 32.6 Å². The highest BCUT2D eigenvalue weighted by Gasteiger charge is 2.10. The van der Waals surface area contributed by atoms with Crippen LogP contribution in [0.5, 0.6) is 0 Å². The molecule has 0 fully saturated rings. The summed E-state index contributed by atoms with van der Waals surface area (Å²) in [6, 6.07) is 0. The summed E-state index contributed by atoms with van der Waals surface area (Å²) in [5, 5.41) is 3.03. The largest absolute Gasteiger partial charge is 0.469 e. The molecule has 1 unspecified atom stereocenters. The Morgan fingerprint density at radius 2 is 2.43 bits per heavy atom. The third-order valence-corrected chi connectivity index (χ3v) is 3.28. The van der Waals surface area contributed by atoms with Crippen molar-refractivity contribution in [2.75, 3.05) is 7.11 Å². The molecule has 0 aliphatic rings. The van der Waals surface area contributed by atoms with E-state index in [1.807, 2.05) is 5.38 Å². The second-order valence-electron chi connectivity index (χ2n) is 3.24. The first-order valence-electron chi connectivity index (χ1n) is 4.68. The average molecular weight is 213 g/mol. The minimum absolute atomic E-state index is 0.231. The van der Waals surface area contributed by atoms with Crippen molar-refractivity contribution in [1.82, 2.24) is 4.98 Å². The number of hydrogen-bond acceptors (Lipinski definition) is 4. The zero-order valence-corrected chi connectivity index (χ0v) is 9.56. The van der Waals surface area contributed by atoms with Gasteiger partial charge in [0, 0.05) is 11.3 Å². The van der Waals surface area contributed by atoms with E-state index in [2.05, 4.69) is 23.6 Å². The third-order valence-electron chi connectivity index (χ3n) is 2.16. The van der Waals surface area contributed by atoms with Crippen LogP contribution >= 0.6 is 11.3 Å². The lowest BCUT2D eigenvalue weighted by atomic mass is 10.1. The smallest absolute Gasteiger partial charge is 0.311 e. The maximum atomic E-state index is 11.0. The lowest BCUT2D eigenvalue weighted by Crippen LogP contribution is -2.04. The number of carbonyl (C=O) groups excluding carboxylic acids is 1. The molecule has 14 heavy (non-hydrogen) atoms. The van der Waals surface area contributed by atoms with Crippen LogP contribution in [0.1, 0.15) is 36.9 Å². The van der Waals surface area contributed by atoms with Gasteiger partial charge in [0.2, 0.25) is 0 Å². The van der Waals surface area contributed by atoms with Crippen LogP contribution in [0.2, 0.25) is 0 Å². The molecule has 0 bridgehead atoms. The zero-order chi connectivity index (χ0) is 10.6. The number of nitrogens with zero attached hydrogens (tertiary/aromatic N) is 1. The monoisotopic (exact) mass is 213 g/mol. The van der Waals surface area contributed by atoms with Crippen LogP contribution < -0.4 is 0 Å². The first kappa shape index (κ1) is 11.2. The molecule has 1 heterocycles. The van der Waals surface area contributed by atoms with E-state index in [9.17, 15) is 4.79 Å². The lowest BCUT2D eigenvalue weighted by molar-refractivity contribution is -0.139. The van der Waals surface area contributed by atoms with E-state index >= 15 is 0 Å². The van der Waals surface area contributed by atoms with E-state index in [0.29, 0.717) is 5.92 Å². The van der Waals surface area contributed by atoms with Crippen molar-refractivity contribution < 1.29 is 9.53 Å². The van der Waals surface area contributed by atoms with E-state index in [1.54, 1.807) is 11.3 Å². The Balaban J connectivity index is 2.63. The van der Waals surface area contributed by atoms with Gasteiger partial charge in [-0.1, -0.05) is 13.8 Å². The number of thiazole rings is 1. The maximum Gasteiger partial charge on any atom is 0.311 e. The standard InChI is InChI=1S/C10H15NO2S/c1-4-7(2)10-11-8(6-14-10)5-9(12)13-3/h6-7H,4-5H2,1-3H3. The summed E-state index contributed by atoms with van der Waals surface area (Å²) in [4.78, 5) is 15.4. The van der Waals surface area contributed by atoms with Gasteiger partial charge in [-0.05, 0) is 6.42 Å². The molecule has 0 spiro atoms. The number of methoxy groups -OCH3 is 1. The van der Waals surface area contributed by atoms with Gasteiger partial charge in [0.1, 0.15) is 0 Å². The van der Waals surface area contributed by atoms with Crippen molar-refractivity contribution in [1.29, 1.82) is 0 Å². The first-order valence-corrected chi connectivity index (χ1v) is 5.56. The second-order valence-corrected chi connectivity index (χ2v) is 4.13. The summed E-state index contributed by atoms with van der Waals surface area (Å²) >= 11 is 1.62. The Morgan fingerprint density at radius 3 is 3.00 bits per heavy atom. The first-order chi connectivity index (χ1) is 6.67. The highest BCUT2D eigenvalue weighted by atomic mass is 32.1. The Kier molecular flexibility index (Phi) is 4.07. The molecule has 4 heteroatoms. The highest BCUT2D eigenvalue weighted by Crippen LogP contribution is 2.22. The van der Waals surface area contributed by atoms with Gasteiger partial charge < -0.3 is 4.74 Å². The highest BCUT2D eigenvalue weighted by molar-refractivity contribution is 7.09. The summed E-state index contributed by atoms with van der Waals surface area (Å²) in [5.41, 5.74) is 0.817. The van der Waals surface area contributed by atoms with Gasteiger partial charge in [-0.3, -0.25) is 4.79 Å². The molecule has 78 valence electrons. The molecular weight excluding hydrogens is 198 g/mol. The minimum Gasteiger partial charge on any atom is -0.469 e. The van der Waals surface area contributed by atoms with Gasteiger partial charge >= 0.3 is 5.97 Å². The van der Waals surface area contributed by atoms with Crippen LogP contribution in [0, 0.1) is 0 Å². The number of esters is 1. The van der Waals surface area contributed by atoms with E-state index in [4.69, 9.17) is 0 Å². The molecule has 1 rings (SSSR count). The van der Waals surface area contributed by atoms with Gasteiger partial charge in [0.25, 0.3) is 0 Å². The lowest BCUT2D eigenvalue weighted by Gasteiger charge is -2.01. The van der Waals surface area contributed by atoms with Crippen LogP contribution in [-0.2, 0) is 16.0 Å². The summed E-state index contributed by atoms with van der Waals surface area (Å²) in [6.07, 6.45) is 1.36. The van der Waals surface area contributed by atoms with Gasteiger partial charge in [-0.15, -0.1) is 11.3 Å². The SMILES string of the molecule is CCC(C)c1nc(CC(=O)OC)cs1. The Labute approximate surface area is 88.1 Å². The molecule has 3 nitrogen and oxygen atoms in total. The fourth-order valence-corrected chi connectivity index (χ4v) is 1.99. The Hall–Kier alpha value is -0.900. The predicted molar refractivity (Wildman–Crippen MR) is 56.5 cm³/mol. The van der Waals surface area contributed by atoms with Gasteiger partial charge in [-0.25, -0.2) is 4.98 Å². The van der Waals surface area contributed by atoms with E-state index in [1.165, 1.54) is 7.11 Å². The summed E-state index contributed by atoms with van der Waals surface area (Å²) in [7, 11) is 1.39. The Bertz CT molecular complexity index is 309. The van der Waals surface area contributed by atoms with Crippen LogP contribution in [0.4, 0.5) is 0 Å². The molecule has 1 atom stereocenters. The molecule has 0 aliphatic carbocycles. The minimum atomic E-state index is -0.231. The molecule has 0 radical (unpaired) electrons. The van der Waals surface area contributed by atoms with Crippen LogP contribution in [0.15, 0.2) is 5.38 Å². The number of rotatable bonds is 4. The summed E-state index contributed by atoms with van der Waals surface area (Å²) in [6.45, 7) is 4.27. The second kappa shape index (κ2) is 5.10. The molecule has 0 N–H and O–H groups in total. The summed E-state index contributed by atoms with van der Waals surface area (Å²) in [5.74, 6) is 0.248. The van der Waals surface area contributed by atoms with Crippen molar-refractivity contribution in [3.8, 4) is 0 Å². The Morgan fingerprint density at radius 1 is 1.71 bits per heavy atom. The topological polar surface area (TPSA) is 39.2 Å². The van der Waals surface area contributed by atoms with Crippen molar-refractivity contribution >= 4 is 17.3 Å². The van der Waals surface area contributed by atoms with E-state index < -0.39 is 0 Å². The average Bonchev–Trinajstić information content (AvgIpc) is 2.65. The molecule has 0 saturated carbocycles. The predicted octanol–water partition coefficient (Wildman–Crippen LogP) is 2.37. The van der Waals surface area contributed by atoms with Crippen LogP contribution in [0.25, 0.3) is 0 Å². The van der Waals surface area contributed by atoms with Crippen molar-refractivity contribution in [2.24, 2.45) is 0 Å². The van der Waals surface area contributed by atoms with Gasteiger partial charge in [0.05, 0.1) is 24.2 Å². The zero-order valence-electron chi connectivity index (χ0n) is 8.74. The fraction of sp³-hybridized carbons (Fsp3) is 0.600. The number of hydrogen-bond donors (Lipinski definition) is 0. The molecule has 1 aromatic rings. The van der Waals surface area contributed by atoms with Crippen molar-refractivity contribution in [3.63, 3.8) is 0 Å². The molecule has 0 aromatic carbocycles. The number of ether oxygens (including phenoxy) is 1.